The zero-order valence-corrected chi connectivity index (χ0v) is 13.6. The molecule has 2 aliphatic heterocycles. The van der Waals surface area contributed by atoms with E-state index in [1.807, 2.05) is 44.2 Å². The Bertz CT molecular complexity index is 550. The third kappa shape index (κ3) is 3.43. The van der Waals surface area contributed by atoms with Crippen LogP contribution >= 0.6 is 7.82 Å². The van der Waals surface area contributed by atoms with Gasteiger partial charge in [0, 0.05) is 0 Å². The van der Waals surface area contributed by atoms with Crippen LogP contribution < -0.4 is 0 Å². The highest BCUT2D eigenvalue weighted by Crippen LogP contribution is 2.56. The molecule has 2 fully saturated rings. The van der Waals surface area contributed by atoms with Crippen molar-refractivity contribution in [2.24, 2.45) is 5.92 Å². The lowest BCUT2D eigenvalue weighted by Gasteiger charge is -2.37. The van der Waals surface area contributed by atoms with Gasteiger partial charge in [0.25, 0.3) is 0 Å². The van der Waals surface area contributed by atoms with Crippen molar-refractivity contribution in [2.45, 2.75) is 31.7 Å². The van der Waals surface area contributed by atoms with Gasteiger partial charge >= 0.3 is 7.82 Å². The molecule has 0 saturated carbocycles. The summed E-state index contributed by atoms with van der Waals surface area (Å²) in [5.74, 6) is -0.0661. The molecule has 6 nitrogen and oxygen atoms in total. The van der Waals surface area contributed by atoms with Gasteiger partial charge in [-0.25, -0.2) is 4.57 Å². The van der Waals surface area contributed by atoms with Gasteiger partial charge in [-0.05, 0) is 11.5 Å². The number of phosphoric ester groups is 1. The molecule has 3 rings (SSSR count). The van der Waals surface area contributed by atoms with Gasteiger partial charge in [-0.3, -0.25) is 9.05 Å². The van der Waals surface area contributed by atoms with Gasteiger partial charge in [0.05, 0.1) is 19.8 Å². The molecule has 0 radical (unpaired) electrons. The van der Waals surface area contributed by atoms with Crippen LogP contribution in [0.3, 0.4) is 0 Å². The van der Waals surface area contributed by atoms with Gasteiger partial charge in [-0.1, -0.05) is 44.2 Å². The molecule has 7 heteroatoms. The van der Waals surface area contributed by atoms with Gasteiger partial charge < -0.3 is 14.4 Å². The SMILES string of the molecule is CC(C)C(OP(=O)(O)OCC1CO1)(c1ccccc1)C1CO1. The van der Waals surface area contributed by atoms with Gasteiger partial charge in [-0.2, -0.15) is 0 Å². The Hall–Kier alpha value is -0.750. The summed E-state index contributed by atoms with van der Waals surface area (Å²) in [4.78, 5) is 10.1. The van der Waals surface area contributed by atoms with E-state index in [4.69, 9.17) is 18.5 Å². The maximum atomic E-state index is 12.4. The molecule has 1 aromatic rings. The first-order valence-corrected chi connectivity index (χ1v) is 8.90. The van der Waals surface area contributed by atoms with Crippen LogP contribution in [0.5, 0.6) is 0 Å². The number of rotatable bonds is 8. The van der Waals surface area contributed by atoms with Crippen LogP contribution in [0.4, 0.5) is 0 Å². The first kappa shape index (κ1) is 16.1. The van der Waals surface area contributed by atoms with Crippen LogP contribution in [0.2, 0.25) is 0 Å². The number of epoxide rings is 2. The average molecular weight is 328 g/mol. The predicted octanol–water partition coefficient (Wildman–Crippen LogP) is 2.47. The minimum Gasteiger partial charge on any atom is -0.371 e. The first-order chi connectivity index (χ1) is 10.4. The van der Waals surface area contributed by atoms with Gasteiger partial charge in [0.1, 0.15) is 17.8 Å². The Morgan fingerprint density at radius 2 is 1.95 bits per heavy atom. The van der Waals surface area contributed by atoms with Crippen LogP contribution in [-0.4, -0.2) is 36.9 Å². The molecule has 22 heavy (non-hydrogen) atoms. The van der Waals surface area contributed by atoms with Crippen LogP contribution in [0.15, 0.2) is 30.3 Å². The van der Waals surface area contributed by atoms with E-state index in [0.717, 1.165) is 5.56 Å². The molecule has 1 aromatic carbocycles. The van der Waals surface area contributed by atoms with Crippen LogP contribution in [-0.2, 0) is 28.7 Å². The fraction of sp³-hybridized carbons (Fsp3) is 0.600. The summed E-state index contributed by atoms with van der Waals surface area (Å²) in [7, 11) is -4.22. The maximum Gasteiger partial charge on any atom is 0.473 e. The second-order valence-corrected chi connectivity index (χ2v) is 7.32. The topological polar surface area (TPSA) is 80.8 Å². The zero-order valence-electron chi connectivity index (χ0n) is 12.7. The number of phosphoric acid groups is 1. The second-order valence-electron chi connectivity index (χ2n) is 5.95. The van der Waals surface area contributed by atoms with Crippen molar-refractivity contribution in [3.8, 4) is 0 Å². The maximum absolute atomic E-state index is 12.4. The van der Waals surface area contributed by atoms with Crippen LogP contribution in [0.1, 0.15) is 19.4 Å². The van der Waals surface area contributed by atoms with E-state index >= 15 is 0 Å². The molecule has 122 valence electrons. The van der Waals surface area contributed by atoms with Crippen LogP contribution in [0.25, 0.3) is 0 Å². The monoisotopic (exact) mass is 328 g/mol. The highest BCUT2D eigenvalue weighted by molar-refractivity contribution is 7.47. The fourth-order valence-electron chi connectivity index (χ4n) is 2.66. The summed E-state index contributed by atoms with van der Waals surface area (Å²) in [6.07, 6.45) is -0.359. The quantitative estimate of drug-likeness (QED) is 0.583. The van der Waals surface area contributed by atoms with Crippen molar-refractivity contribution in [3.63, 3.8) is 0 Å². The Labute approximate surface area is 130 Å². The van der Waals surface area contributed by atoms with Gasteiger partial charge in [-0.15, -0.1) is 0 Å². The average Bonchev–Trinajstić information content (AvgIpc) is 3.37. The molecule has 0 bridgehead atoms. The number of hydrogen-bond acceptors (Lipinski definition) is 5. The molecule has 2 saturated heterocycles. The standard InChI is InChI=1S/C15H21O6P/c1-11(2)15(14-10-19-14,12-6-4-3-5-7-12)21-22(16,17)20-9-13-8-18-13/h3-7,11,13-14H,8-10H2,1-2H3,(H,16,17). The van der Waals surface area contributed by atoms with Crippen molar-refractivity contribution in [2.75, 3.05) is 19.8 Å². The Kier molecular flexibility index (Phi) is 4.42. The summed E-state index contributed by atoms with van der Waals surface area (Å²) >= 11 is 0. The zero-order chi connectivity index (χ0) is 15.8. The molecule has 0 spiro atoms. The molecule has 2 heterocycles. The number of benzene rings is 1. The van der Waals surface area contributed by atoms with Crippen molar-refractivity contribution in [1.82, 2.24) is 0 Å². The third-order valence-corrected chi connectivity index (χ3v) is 4.99. The molecule has 1 N–H and O–H groups in total. The number of ether oxygens (including phenoxy) is 2. The van der Waals surface area contributed by atoms with Crippen molar-refractivity contribution in [3.05, 3.63) is 35.9 Å². The minimum atomic E-state index is -4.22. The lowest BCUT2D eigenvalue weighted by molar-refractivity contribution is -0.0399. The number of hydrogen-bond donors (Lipinski definition) is 1. The lowest BCUT2D eigenvalue weighted by Crippen LogP contribution is -2.40. The summed E-state index contributed by atoms with van der Waals surface area (Å²) in [6.45, 7) is 5.00. The Morgan fingerprint density at radius 1 is 1.32 bits per heavy atom. The largest absolute Gasteiger partial charge is 0.473 e. The fourth-order valence-corrected chi connectivity index (χ4v) is 3.88. The summed E-state index contributed by atoms with van der Waals surface area (Å²) < 4.78 is 33.5. The minimum absolute atomic E-state index is 0.0578. The Morgan fingerprint density at radius 3 is 2.45 bits per heavy atom. The highest BCUT2D eigenvalue weighted by Gasteiger charge is 2.55. The molecule has 0 amide bonds. The molecule has 0 aliphatic carbocycles. The van der Waals surface area contributed by atoms with Crippen molar-refractivity contribution < 1.29 is 28.0 Å². The molecule has 2 aliphatic rings. The Balaban J connectivity index is 1.86. The summed E-state index contributed by atoms with van der Waals surface area (Å²) in [6, 6.07) is 9.40. The van der Waals surface area contributed by atoms with Gasteiger partial charge in [0.15, 0.2) is 0 Å². The first-order valence-electron chi connectivity index (χ1n) is 7.41. The molecule has 0 aromatic heterocycles. The normalized spacial score (nSPS) is 28.9. The third-order valence-electron chi connectivity index (χ3n) is 3.99. The van der Waals surface area contributed by atoms with E-state index in [-0.39, 0.29) is 24.7 Å². The van der Waals surface area contributed by atoms with Gasteiger partial charge in [0.2, 0.25) is 0 Å². The smallest absolute Gasteiger partial charge is 0.371 e. The van der Waals surface area contributed by atoms with Crippen molar-refractivity contribution in [1.29, 1.82) is 0 Å². The van der Waals surface area contributed by atoms with E-state index in [9.17, 15) is 9.46 Å². The van der Waals surface area contributed by atoms with Crippen molar-refractivity contribution >= 4 is 7.82 Å². The lowest BCUT2D eigenvalue weighted by atomic mass is 9.81. The van der Waals surface area contributed by atoms with E-state index in [0.29, 0.717) is 13.2 Å². The van der Waals surface area contributed by atoms with Crippen LogP contribution in [0, 0.1) is 5.92 Å². The second kappa shape index (κ2) is 6.04. The highest BCUT2D eigenvalue weighted by atomic mass is 31.2. The van der Waals surface area contributed by atoms with E-state index in [2.05, 4.69) is 0 Å². The van der Waals surface area contributed by atoms with E-state index < -0.39 is 13.4 Å². The molecular weight excluding hydrogens is 307 g/mol. The summed E-state index contributed by atoms with van der Waals surface area (Å²) in [5.41, 5.74) is -0.191. The van der Waals surface area contributed by atoms with E-state index in [1.165, 1.54) is 0 Å². The molecule has 4 unspecified atom stereocenters. The molecule has 4 atom stereocenters. The predicted molar refractivity (Wildman–Crippen MR) is 79.3 cm³/mol. The summed E-state index contributed by atoms with van der Waals surface area (Å²) in [5, 5.41) is 0. The molecular formula is C15H21O6P. The van der Waals surface area contributed by atoms with E-state index in [1.54, 1.807) is 0 Å².